The van der Waals surface area contributed by atoms with Crippen LogP contribution in [0.4, 0.5) is 0 Å². The summed E-state index contributed by atoms with van der Waals surface area (Å²) in [5, 5.41) is 0. The fraction of sp³-hybridized carbons (Fsp3) is 0.167. The molecule has 0 bridgehead atoms. The van der Waals surface area contributed by atoms with E-state index in [2.05, 4.69) is 93.2 Å². The summed E-state index contributed by atoms with van der Waals surface area (Å²) in [6, 6.07) is 25.9. The van der Waals surface area contributed by atoms with Crippen molar-refractivity contribution in [3.8, 4) is 11.1 Å². The van der Waals surface area contributed by atoms with Crippen LogP contribution in [0, 0.1) is 13.8 Å². The summed E-state index contributed by atoms with van der Waals surface area (Å²) in [7, 11) is 0. The van der Waals surface area contributed by atoms with Gasteiger partial charge in [-0.15, -0.1) is 0 Å². The minimum atomic E-state index is 0.980. The maximum atomic E-state index is 4.41. The van der Waals surface area contributed by atoms with Crippen molar-refractivity contribution in [2.24, 2.45) is 0 Å². The highest BCUT2D eigenvalue weighted by Crippen LogP contribution is 2.32. The molecule has 0 nitrogen and oxygen atoms in total. The summed E-state index contributed by atoms with van der Waals surface area (Å²) in [6.07, 6.45) is 2.01. The first-order valence-electron chi connectivity index (χ1n) is 8.54. The Morgan fingerprint density at radius 2 is 1.58 bits per heavy atom. The van der Waals surface area contributed by atoms with Gasteiger partial charge in [0.25, 0.3) is 0 Å². The van der Waals surface area contributed by atoms with Crippen LogP contribution >= 0.6 is 0 Å². The molecule has 120 valence electrons. The topological polar surface area (TPSA) is 0 Å². The first-order valence-corrected chi connectivity index (χ1v) is 8.54. The van der Waals surface area contributed by atoms with Gasteiger partial charge in [0.15, 0.2) is 0 Å². The summed E-state index contributed by atoms with van der Waals surface area (Å²) in [5.74, 6) is 0. The average molecular weight is 312 g/mol. The molecule has 24 heavy (non-hydrogen) atoms. The van der Waals surface area contributed by atoms with Crippen LogP contribution < -0.4 is 0 Å². The molecule has 0 amide bonds. The van der Waals surface area contributed by atoms with Crippen molar-refractivity contribution in [1.29, 1.82) is 0 Å². The van der Waals surface area contributed by atoms with Crippen LogP contribution in [0.2, 0.25) is 0 Å². The average Bonchev–Trinajstić information content (AvgIpc) is 2.60. The lowest BCUT2D eigenvalue weighted by molar-refractivity contribution is 1.01. The van der Waals surface area contributed by atoms with Crippen LogP contribution in [0.15, 0.2) is 79.4 Å². The molecule has 0 aliphatic carbocycles. The van der Waals surface area contributed by atoms with Gasteiger partial charge in [0.1, 0.15) is 0 Å². The lowest BCUT2D eigenvalue weighted by Crippen LogP contribution is -1.95. The largest absolute Gasteiger partial charge is 0.0952 e. The van der Waals surface area contributed by atoms with Gasteiger partial charge >= 0.3 is 0 Å². The Bertz CT molecular complexity index is 841. The maximum absolute atomic E-state index is 4.41. The fourth-order valence-electron chi connectivity index (χ4n) is 3.28. The lowest BCUT2D eigenvalue weighted by atomic mass is 9.89. The zero-order valence-corrected chi connectivity index (χ0v) is 14.5. The first kappa shape index (κ1) is 16.3. The van der Waals surface area contributed by atoms with Crippen molar-refractivity contribution in [3.05, 3.63) is 102 Å². The summed E-state index contributed by atoms with van der Waals surface area (Å²) in [6.45, 7) is 8.74. The Morgan fingerprint density at radius 1 is 0.833 bits per heavy atom. The number of hydrogen-bond acceptors (Lipinski definition) is 0. The minimum Gasteiger partial charge on any atom is -0.0952 e. The second kappa shape index (κ2) is 7.31. The normalized spacial score (nSPS) is 10.6. The summed E-state index contributed by atoms with van der Waals surface area (Å²) in [5.41, 5.74) is 9.05. The number of aryl methyl sites for hydroxylation is 3. The van der Waals surface area contributed by atoms with E-state index in [-0.39, 0.29) is 0 Å². The first-order chi connectivity index (χ1) is 11.6. The quantitative estimate of drug-likeness (QED) is 0.497. The van der Waals surface area contributed by atoms with Gasteiger partial charge in [0.05, 0.1) is 0 Å². The van der Waals surface area contributed by atoms with Gasteiger partial charge in [-0.05, 0) is 60.1 Å². The monoisotopic (exact) mass is 312 g/mol. The van der Waals surface area contributed by atoms with Gasteiger partial charge in [-0.1, -0.05) is 84.9 Å². The van der Waals surface area contributed by atoms with Crippen molar-refractivity contribution >= 4 is 5.57 Å². The molecule has 0 atom stereocenters. The van der Waals surface area contributed by atoms with Gasteiger partial charge in [-0.3, -0.25) is 0 Å². The summed E-state index contributed by atoms with van der Waals surface area (Å²) < 4.78 is 0. The van der Waals surface area contributed by atoms with E-state index in [1.807, 2.05) is 0 Å². The van der Waals surface area contributed by atoms with Crippen LogP contribution in [0.5, 0.6) is 0 Å². The molecule has 0 unspecified atom stereocenters. The van der Waals surface area contributed by atoms with Gasteiger partial charge < -0.3 is 0 Å². The molecule has 0 heteroatoms. The molecule has 0 N–H and O–H groups in total. The predicted molar refractivity (Wildman–Crippen MR) is 105 cm³/mol. The second-order valence-corrected chi connectivity index (χ2v) is 6.46. The fourth-order valence-corrected chi connectivity index (χ4v) is 3.28. The molecule has 0 saturated heterocycles. The van der Waals surface area contributed by atoms with Crippen LogP contribution in [-0.2, 0) is 6.42 Å². The molecule has 3 aromatic carbocycles. The summed E-state index contributed by atoms with van der Waals surface area (Å²) >= 11 is 0. The molecule has 0 aromatic heterocycles. The maximum Gasteiger partial charge on any atom is -0.0106 e. The van der Waals surface area contributed by atoms with E-state index in [9.17, 15) is 0 Å². The zero-order valence-electron chi connectivity index (χ0n) is 14.5. The van der Waals surface area contributed by atoms with Crippen LogP contribution in [0.1, 0.15) is 28.7 Å². The minimum absolute atomic E-state index is 0.980. The van der Waals surface area contributed by atoms with Crippen molar-refractivity contribution in [2.75, 3.05) is 0 Å². The molecule has 0 aliphatic heterocycles. The molecule has 0 heterocycles. The SMILES string of the molecule is C=C(CCc1cccc(C)c1)c1c(C)cccc1-c1ccccc1. The van der Waals surface area contributed by atoms with E-state index in [1.165, 1.54) is 39.0 Å². The van der Waals surface area contributed by atoms with Gasteiger partial charge in [0.2, 0.25) is 0 Å². The van der Waals surface area contributed by atoms with E-state index >= 15 is 0 Å². The molecule has 0 aliphatic rings. The van der Waals surface area contributed by atoms with E-state index in [0.29, 0.717) is 0 Å². The zero-order chi connectivity index (χ0) is 16.9. The highest BCUT2D eigenvalue weighted by Gasteiger charge is 2.11. The Balaban J connectivity index is 1.87. The van der Waals surface area contributed by atoms with Gasteiger partial charge in [0, 0.05) is 0 Å². The standard InChI is InChI=1S/C24H24/c1-18-9-7-11-21(17-18)16-15-20(3)24-19(2)10-8-14-23(24)22-12-5-4-6-13-22/h4-14,17H,3,15-16H2,1-2H3. The third kappa shape index (κ3) is 3.65. The van der Waals surface area contributed by atoms with E-state index in [1.54, 1.807) is 0 Å². The second-order valence-electron chi connectivity index (χ2n) is 6.46. The molecule has 3 aromatic rings. The highest BCUT2D eigenvalue weighted by molar-refractivity contribution is 5.82. The van der Waals surface area contributed by atoms with Crippen molar-refractivity contribution in [3.63, 3.8) is 0 Å². The Morgan fingerprint density at radius 3 is 2.33 bits per heavy atom. The third-order valence-electron chi connectivity index (χ3n) is 4.51. The number of hydrogen-bond donors (Lipinski definition) is 0. The molecular formula is C24H24. The molecule has 0 fully saturated rings. The third-order valence-corrected chi connectivity index (χ3v) is 4.51. The Hall–Kier alpha value is -2.60. The van der Waals surface area contributed by atoms with Crippen LogP contribution in [-0.4, -0.2) is 0 Å². The number of allylic oxidation sites excluding steroid dienone is 1. The van der Waals surface area contributed by atoms with E-state index < -0.39 is 0 Å². The molecule has 0 radical (unpaired) electrons. The number of benzene rings is 3. The van der Waals surface area contributed by atoms with E-state index in [4.69, 9.17) is 0 Å². The Kier molecular flexibility index (Phi) is 4.96. The van der Waals surface area contributed by atoms with Crippen molar-refractivity contribution < 1.29 is 0 Å². The lowest BCUT2D eigenvalue weighted by Gasteiger charge is -2.16. The van der Waals surface area contributed by atoms with Crippen LogP contribution in [0.3, 0.4) is 0 Å². The summed E-state index contributed by atoms with van der Waals surface area (Å²) in [4.78, 5) is 0. The predicted octanol–water partition coefficient (Wildman–Crippen LogP) is 6.62. The molecule has 3 rings (SSSR count). The molecule has 0 saturated carbocycles. The van der Waals surface area contributed by atoms with Crippen LogP contribution in [0.25, 0.3) is 16.7 Å². The van der Waals surface area contributed by atoms with E-state index in [0.717, 1.165) is 12.8 Å². The Labute approximate surface area is 145 Å². The van der Waals surface area contributed by atoms with Crippen molar-refractivity contribution in [1.82, 2.24) is 0 Å². The van der Waals surface area contributed by atoms with Gasteiger partial charge in [-0.25, -0.2) is 0 Å². The van der Waals surface area contributed by atoms with Gasteiger partial charge in [-0.2, -0.15) is 0 Å². The highest BCUT2D eigenvalue weighted by atomic mass is 14.1. The molecule has 0 spiro atoms. The van der Waals surface area contributed by atoms with Crippen molar-refractivity contribution in [2.45, 2.75) is 26.7 Å². The smallest absolute Gasteiger partial charge is 0.0106 e. The molecular weight excluding hydrogens is 288 g/mol. The number of rotatable bonds is 5.